The highest BCUT2D eigenvalue weighted by Crippen LogP contribution is 2.35. The highest BCUT2D eigenvalue weighted by Gasteiger charge is 2.28. The van der Waals surface area contributed by atoms with E-state index in [9.17, 15) is 0 Å². The van der Waals surface area contributed by atoms with Gasteiger partial charge in [-0.05, 0) is 56.3 Å². The Kier molecular flexibility index (Phi) is 3.36. The molecular formula is C13H19N5S. The van der Waals surface area contributed by atoms with Crippen molar-refractivity contribution in [2.75, 3.05) is 7.05 Å². The molecule has 3 rings (SSSR count). The second-order valence-electron chi connectivity index (χ2n) is 5.31. The zero-order valence-corrected chi connectivity index (χ0v) is 12.4. The van der Waals surface area contributed by atoms with Crippen LogP contribution >= 0.6 is 11.3 Å². The van der Waals surface area contributed by atoms with Crippen LogP contribution in [0.2, 0.25) is 0 Å². The van der Waals surface area contributed by atoms with E-state index in [1.807, 2.05) is 16.0 Å². The van der Waals surface area contributed by atoms with Gasteiger partial charge in [-0.1, -0.05) is 0 Å². The number of hydrogen-bond acceptors (Lipinski definition) is 5. The molecule has 1 aliphatic rings. The summed E-state index contributed by atoms with van der Waals surface area (Å²) in [7, 11) is 2.13. The number of aromatic nitrogens is 4. The van der Waals surface area contributed by atoms with E-state index in [0.717, 1.165) is 12.4 Å². The second-order valence-corrected chi connectivity index (χ2v) is 6.63. The van der Waals surface area contributed by atoms with E-state index in [1.54, 1.807) is 0 Å². The minimum Gasteiger partial charge on any atom is -0.291 e. The summed E-state index contributed by atoms with van der Waals surface area (Å²) >= 11 is 1.86. The fourth-order valence-corrected chi connectivity index (χ4v) is 3.17. The summed E-state index contributed by atoms with van der Waals surface area (Å²) in [4.78, 5) is 5.05. The largest absolute Gasteiger partial charge is 0.291 e. The van der Waals surface area contributed by atoms with Crippen LogP contribution < -0.4 is 0 Å². The monoisotopic (exact) mass is 277 g/mol. The highest BCUT2D eigenvalue weighted by atomic mass is 32.1. The van der Waals surface area contributed by atoms with Crippen LogP contribution in [0.5, 0.6) is 0 Å². The normalized spacial score (nSPS) is 17.1. The van der Waals surface area contributed by atoms with Gasteiger partial charge in [-0.15, -0.1) is 16.4 Å². The first-order chi connectivity index (χ1) is 9.15. The van der Waals surface area contributed by atoms with Crippen LogP contribution in [0.15, 0.2) is 12.1 Å². The fourth-order valence-electron chi connectivity index (χ4n) is 2.17. The Bertz CT molecular complexity index is 557. The summed E-state index contributed by atoms with van der Waals surface area (Å²) in [5.74, 6) is 0.977. The molecule has 0 unspecified atom stereocenters. The molecule has 0 radical (unpaired) electrons. The Hall–Kier alpha value is -1.27. The van der Waals surface area contributed by atoms with Crippen LogP contribution in [0.25, 0.3) is 0 Å². The third-order valence-corrected chi connectivity index (χ3v) is 4.85. The lowest BCUT2D eigenvalue weighted by atomic mass is 10.2. The third-order valence-electron chi connectivity index (χ3n) is 3.68. The van der Waals surface area contributed by atoms with E-state index in [4.69, 9.17) is 0 Å². The average Bonchev–Trinajstić information content (AvgIpc) is 2.98. The molecule has 0 N–H and O–H groups in total. The Morgan fingerprint density at radius 3 is 2.89 bits per heavy atom. The Morgan fingerprint density at radius 1 is 1.47 bits per heavy atom. The van der Waals surface area contributed by atoms with Crippen molar-refractivity contribution in [1.29, 1.82) is 0 Å². The van der Waals surface area contributed by atoms with Gasteiger partial charge >= 0.3 is 0 Å². The first-order valence-corrected chi connectivity index (χ1v) is 7.50. The molecule has 0 aromatic carbocycles. The van der Waals surface area contributed by atoms with Gasteiger partial charge in [-0.3, -0.25) is 4.90 Å². The molecule has 2 aromatic heterocycles. The first-order valence-electron chi connectivity index (χ1n) is 6.68. The van der Waals surface area contributed by atoms with Crippen LogP contribution in [0.1, 0.15) is 47.4 Å². The fraction of sp³-hybridized carbons (Fsp3) is 0.615. The maximum atomic E-state index is 4.16. The number of rotatable bonds is 5. The SMILES string of the molecule is Cc1ccc([C@H](C)N(C)Cc2nnnn2C2CC2)s1. The van der Waals surface area contributed by atoms with Crippen molar-refractivity contribution in [3.63, 3.8) is 0 Å². The summed E-state index contributed by atoms with van der Waals surface area (Å²) in [6.45, 7) is 5.17. The van der Waals surface area contributed by atoms with E-state index in [0.29, 0.717) is 12.1 Å². The zero-order chi connectivity index (χ0) is 13.4. The number of nitrogens with zero attached hydrogens (tertiary/aromatic N) is 5. The molecule has 1 fully saturated rings. The molecular weight excluding hydrogens is 258 g/mol. The molecule has 2 aromatic rings. The summed E-state index contributed by atoms with van der Waals surface area (Å²) < 4.78 is 1.99. The molecule has 1 saturated carbocycles. The maximum absolute atomic E-state index is 4.16. The highest BCUT2D eigenvalue weighted by molar-refractivity contribution is 7.12. The van der Waals surface area contributed by atoms with Crippen molar-refractivity contribution >= 4 is 11.3 Å². The van der Waals surface area contributed by atoms with Crippen molar-refractivity contribution in [3.05, 3.63) is 27.7 Å². The Labute approximate surface area is 117 Å². The van der Waals surface area contributed by atoms with Crippen molar-refractivity contribution in [3.8, 4) is 0 Å². The van der Waals surface area contributed by atoms with Gasteiger partial charge in [0.1, 0.15) is 0 Å². The van der Waals surface area contributed by atoms with Gasteiger partial charge in [0.15, 0.2) is 5.82 Å². The lowest BCUT2D eigenvalue weighted by Crippen LogP contribution is -2.23. The van der Waals surface area contributed by atoms with Crippen LogP contribution in [0, 0.1) is 6.92 Å². The molecule has 0 bridgehead atoms. The molecule has 0 spiro atoms. The minimum atomic E-state index is 0.392. The van der Waals surface area contributed by atoms with E-state index in [1.165, 1.54) is 22.6 Å². The molecule has 0 aliphatic heterocycles. The Balaban J connectivity index is 1.70. The molecule has 1 atom stereocenters. The molecule has 0 saturated heterocycles. The zero-order valence-electron chi connectivity index (χ0n) is 11.6. The van der Waals surface area contributed by atoms with Gasteiger partial charge < -0.3 is 0 Å². The minimum absolute atomic E-state index is 0.392. The predicted molar refractivity (Wildman–Crippen MR) is 75.0 cm³/mol. The van der Waals surface area contributed by atoms with E-state index in [-0.39, 0.29) is 0 Å². The lowest BCUT2D eigenvalue weighted by molar-refractivity contribution is 0.245. The predicted octanol–water partition coefficient (Wildman–Crippen LogP) is 2.57. The average molecular weight is 277 g/mol. The van der Waals surface area contributed by atoms with Gasteiger partial charge in [0, 0.05) is 15.8 Å². The lowest BCUT2D eigenvalue weighted by Gasteiger charge is -2.23. The quantitative estimate of drug-likeness (QED) is 0.842. The summed E-state index contributed by atoms with van der Waals surface area (Å²) in [6.07, 6.45) is 2.42. The van der Waals surface area contributed by atoms with Gasteiger partial charge in [0.25, 0.3) is 0 Å². The van der Waals surface area contributed by atoms with Crippen LogP contribution in [-0.2, 0) is 6.54 Å². The van der Waals surface area contributed by atoms with E-state index >= 15 is 0 Å². The molecule has 102 valence electrons. The molecule has 6 heteroatoms. The number of thiophene rings is 1. The molecule has 0 amide bonds. The first kappa shape index (κ1) is 12.7. The summed E-state index contributed by atoms with van der Waals surface area (Å²) in [5, 5.41) is 12.1. The van der Waals surface area contributed by atoms with Crippen LogP contribution in [0.3, 0.4) is 0 Å². The van der Waals surface area contributed by atoms with Crippen molar-refractivity contribution in [2.45, 2.75) is 45.3 Å². The molecule has 2 heterocycles. The van der Waals surface area contributed by atoms with Gasteiger partial charge in [0.2, 0.25) is 0 Å². The second kappa shape index (κ2) is 5.02. The topological polar surface area (TPSA) is 46.8 Å². The van der Waals surface area contributed by atoms with Crippen molar-refractivity contribution < 1.29 is 0 Å². The standard InChI is InChI=1S/C13H19N5S/c1-9-4-7-12(19-9)10(2)17(3)8-13-14-15-16-18(13)11-5-6-11/h4,7,10-11H,5-6,8H2,1-3H3/t10-/m0/s1. The van der Waals surface area contributed by atoms with Crippen molar-refractivity contribution in [1.82, 2.24) is 25.1 Å². The van der Waals surface area contributed by atoms with Crippen LogP contribution in [-0.4, -0.2) is 32.2 Å². The number of tetrazole rings is 1. The molecule has 5 nitrogen and oxygen atoms in total. The number of hydrogen-bond donors (Lipinski definition) is 0. The van der Waals surface area contributed by atoms with Gasteiger partial charge in [-0.2, -0.15) is 0 Å². The van der Waals surface area contributed by atoms with Gasteiger partial charge in [0.05, 0.1) is 12.6 Å². The molecule has 19 heavy (non-hydrogen) atoms. The third kappa shape index (κ3) is 2.69. The van der Waals surface area contributed by atoms with E-state index in [2.05, 4.69) is 53.5 Å². The maximum Gasteiger partial charge on any atom is 0.165 e. The van der Waals surface area contributed by atoms with Crippen molar-refractivity contribution in [2.24, 2.45) is 0 Å². The summed E-state index contributed by atoms with van der Waals surface area (Å²) in [6, 6.07) is 5.32. The van der Waals surface area contributed by atoms with E-state index < -0.39 is 0 Å². The molecule has 1 aliphatic carbocycles. The Morgan fingerprint density at radius 2 is 2.26 bits per heavy atom. The number of aryl methyl sites for hydroxylation is 1. The smallest absolute Gasteiger partial charge is 0.165 e. The van der Waals surface area contributed by atoms with Crippen LogP contribution in [0.4, 0.5) is 0 Å². The summed E-state index contributed by atoms with van der Waals surface area (Å²) in [5.41, 5.74) is 0. The van der Waals surface area contributed by atoms with Gasteiger partial charge in [-0.25, -0.2) is 4.68 Å².